The van der Waals surface area contributed by atoms with Crippen molar-refractivity contribution in [3.05, 3.63) is 36.2 Å². The molecule has 0 radical (unpaired) electrons. The number of rotatable bonds is 5. The van der Waals surface area contributed by atoms with Gasteiger partial charge in [-0.1, -0.05) is 6.07 Å². The Bertz CT molecular complexity index is 829. The van der Waals surface area contributed by atoms with Gasteiger partial charge in [-0.2, -0.15) is 0 Å². The molecule has 0 saturated carbocycles. The van der Waals surface area contributed by atoms with Gasteiger partial charge < -0.3 is 23.8 Å². The normalized spacial score (nSPS) is 18.3. The first kappa shape index (κ1) is 17.4. The van der Waals surface area contributed by atoms with Crippen LogP contribution in [-0.2, 0) is 11.2 Å². The van der Waals surface area contributed by atoms with Gasteiger partial charge in [0.1, 0.15) is 6.10 Å². The number of carbonyl (C=O) groups is 1. The summed E-state index contributed by atoms with van der Waals surface area (Å²) >= 11 is 0. The summed E-state index contributed by atoms with van der Waals surface area (Å²) in [7, 11) is 1.53. The lowest BCUT2D eigenvalue weighted by atomic mass is 10.1. The third kappa shape index (κ3) is 3.89. The van der Waals surface area contributed by atoms with Crippen molar-refractivity contribution in [2.45, 2.75) is 25.4 Å². The number of nitrogens with zero attached hydrogens (tertiary/aromatic N) is 3. The number of hydrogen-bond acceptors (Lipinski definition) is 7. The Morgan fingerprint density at radius 1 is 1.22 bits per heavy atom. The fraction of sp³-hybridized carbons (Fsp3) is 0.421. The summed E-state index contributed by atoms with van der Waals surface area (Å²) in [5.74, 6) is 2.18. The summed E-state index contributed by atoms with van der Waals surface area (Å²) in [6.45, 7) is 1.47. The van der Waals surface area contributed by atoms with Crippen molar-refractivity contribution in [1.82, 2.24) is 14.9 Å². The average molecular weight is 371 g/mol. The van der Waals surface area contributed by atoms with E-state index in [2.05, 4.69) is 9.97 Å². The monoisotopic (exact) mass is 371 g/mol. The molecule has 1 saturated heterocycles. The second-order valence-corrected chi connectivity index (χ2v) is 6.46. The lowest BCUT2D eigenvalue weighted by Crippen LogP contribution is -2.45. The molecule has 1 aromatic carbocycles. The van der Waals surface area contributed by atoms with Crippen LogP contribution >= 0.6 is 0 Å². The van der Waals surface area contributed by atoms with Crippen LogP contribution in [0.4, 0.5) is 0 Å². The first-order valence-electron chi connectivity index (χ1n) is 8.91. The summed E-state index contributed by atoms with van der Waals surface area (Å²) in [6.07, 6.45) is 5.02. The Balaban J connectivity index is 1.38. The lowest BCUT2D eigenvalue weighted by molar-refractivity contribution is -0.133. The van der Waals surface area contributed by atoms with Crippen LogP contribution in [0, 0.1) is 0 Å². The Labute approximate surface area is 157 Å². The molecule has 0 bridgehead atoms. The van der Waals surface area contributed by atoms with Crippen LogP contribution in [0.5, 0.6) is 23.3 Å². The average Bonchev–Trinajstić information content (AvgIpc) is 3.16. The number of hydrogen-bond donors (Lipinski definition) is 0. The molecule has 4 rings (SSSR count). The summed E-state index contributed by atoms with van der Waals surface area (Å²) in [5, 5.41) is 0. The fourth-order valence-electron chi connectivity index (χ4n) is 3.29. The van der Waals surface area contributed by atoms with Crippen molar-refractivity contribution >= 4 is 5.91 Å². The van der Waals surface area contributed by atoms with Crippen molar-refractivity contribution in [3.8, 4) is 23.3 Å². The van der Waals surface area contributed by atoms with Gasteiger partial charge in [0.2, 0.25) is 12.7 Å². The first-order valence-corrected chi connectivity index (χ1v) is 8.91. The molecule has 0 unspecified atom stereocenters. The zero-order chi connectivity index (χ0) is 18.6. The van der Waals surface area contributed by atoms with Gasteiger partial charge in [-0.15, -0.1) is 0 Å². The van der Waals surface area contributed by atoms with Crippen LogP contribution in [0.15, 0.2) is 30.6 Å². The molecule has 1 aromatic heterocycles. The zero-order valence-corrected chi connectivity index (χ0v) is 15.1. The second kappa shape index (κ2) is 7.69. The highest BCUT2D eigenvalue weighted by atomic mass is 16.7. The predicted octanol–water partition coefficient (Wildman–Crippen LogP) is 1.83. The molecule has 1 amide bonds. The molecule has 2 aromatic rings. The molecule has 142 valence electrons. The van der Waals surface area contributed by atoms with Gasteiger partial charge in [-0.05, 0) is 30.5 Å². The van der Waals surface area contributed by atoms with E-state index in [1.807, 2.05) is 23.1 Å². The maximum atomic E-state index is 12.7. The smallest absolute Gasteiger partial charge is 0.278 e. The van der Waals surface area contributed by atoms with Crippen molar-refractivity contribution in [1.29, 1.82) is 0 Å². The van der Waals surface area contributed by atoms with Crippen molar-refractivity contribution in [2.24, 2.45) is 0 Å². The topological polar surface area (TPSA) is 83.0 Å². The number of carbonyl (C=O) groups excluding carboxylic acids is 1. The third-order valence-electron chi connectivity index (χ3n) is 4.63. The quantitative estimate of drug-likeness (QED) is 0.793. The number of methoxy groups -OCH3 is 1. The summed E-state index contributed by atoms with van der Waals surface area (Å²) in [5.41, 5.74) is 0.905. The molecule has 27 heavy (non-hydrogen) atoms. The maximum Gasteiger partial charge on any atom is 0.278 e. The van der Waals surface area contributed by atoms with Gasteiger partial charge in [-0.25, -0.2) is 9.97 Å². The highest BCUT2D eigenvalue weighted by Gasteiger charge is 2.26. The number of likely N-dealkylation sites (tertiary alicyclic amines) is 1. The summed E-state index contributed by atoms with van der Waals surface area (Å²) in [4.78, 5) is 22.8. The van der Waals surface area contributed by atoms with E-state index in [0.717, 1.165) is 30.7 Å². The minimum Gasteiger partial charge on any atom is -0.477 e. The van der Waals surface area contributed by atoms with E-state index in [1.165, 1.54) is 7.11 Å². The standard InChI is InChI=1S/C19H21N3O5/c1-24-18-19(21-7-6-20-18)27-14-3-2-8-22(11-14)17(23)10-13-4-5-15-16(9-13)26-12-25-15/h4-7,9,14H,2-3,8,10-12H2,1H3/t14-/m1/s1. The molecule has 8 heteroatoms. The summed E-state index contributed by atoms with van der Waals surface area (Å²) in [6, 6.07) is 5.60. The van der Waals surface area contributed by atoms with Crippen LogP contribution in [0.2, 0.25) is 0 Å². The third-order valence-corrected chi connectivity index (χ3v) is 4.63. The number of benzene rings is 1. The fourth-order valence-corrected chi connectivity index (χ4v) is 3.29. The molecule has 0 N–H and O–H groups in total. The molecular weight excluding hydrogens is 350 g/mol. The van der Waals surface area contributed by atoms with Crippen LogP contribution in [-0.4, -0.2) is 53.9 Å². The number of ether oxygens (including phenoxy) is 4. The maximum absolute atomic E-state index is 12.7. The van der Waals surface area contributed by atoms with Gasteiger partial charge in [-0.3, -0.25) is 4.79 Å². The van der Waals surface area contributed by atoms with Gasteiger partial charge in [0.25, 0.3) is 11.8 Å². The Morgan fingerprint density at radius 3 is 2.89 bits per heavy atom. The number of amides is 1. The van der Waals surface area contributed by atoms with E-state index in [-0.39, 0.29) is 18.8 Å². The summed E-state index contributed by atoms with van der Waals surface area (Å²) < 4.78 is 21.8. The molecule has 2 aliphatic heterocycles. The van der Waals surface area contributed by atoms with Gasteiger partial charge >= 0.3 is 0 Å². The van der Waals surface area contributed by atoms with Crippen LogP contribution in [0.1, 0.15) is 18.4 Å². The van der Waals surface area contributed by atoms with Gasteiger partial charge in [0.05, 0.1) is 20.1 Å². The largest absolute Gasteiger partial charge is 0.477 e. The SMILES string of the molecule is COc1nccnc1O[C@@H]1CCCN(C(=O)Cc2ccc3c(c2)OCO3)C1. The first-order chi connectivity index (χ1) is 13.2. The number of aromatic nitrogens is 2. The molecule has 2 aliphatic rings. The van der Waals surface area contributed by atoms with Crippen LogP contribution < -0.4 is 18.9 Å². The van der Waals surface area contributed by atoms with Crippen LogP contribution in [0.3, 0.4) is 0 Å². The van der Waals surface area contributed by atoms with Crippen molar-refractivity contribution in [3.63, 3.8) is 0 Å². The molecule has 1 fully saturated rings. The minimum atomic E-state index is -0.134. The second-order valence-electron chi connectivity index (χ2n) is 6.46. The Morgan fingerprint density at radius 2 is 2.04 bits per heavy atom. The van der Waals surface area contributed by atoms with Crippen molar-refractivity contribution < 1.29 is 23.7 Å². The van der Waals surface area contributed by atoms with E-state index < -0.39 is 0 Å². The molecule has 1 atom stereocenters. The lowest BCUT2D eigenvalue weighted by Gasteiger charge is -2.32. The van der Waals surface area contributed by atoms with Crippen molar-refractivity contribution in [2.75, 3.05) is 27.0 Å². The van der Waals surface area contributed by atoms with E-state index in [1.54, 1.807) is 12.4 Å². The minimum absolute atomic E-state index is 0.0632. The molecule has 8 nitrogen and oxygen atoms in total. The number of fused-ring (bicyclic) bond motifs is 1. The molecule has 3 heterocycles. The van der Waals surface area contributed by atoms with E-state index >= 15 is 0 Å². The highest BCUT2D eigenvalue weighted by molar-refractivity contribution is 5.79. The molecular formula is C19H21N3O5. The van der Waals surface area contributed by atoms with E-state index in [9.17, 15) is 4.79 Å². The van der Waals surface area contributed by atoms with Crippen LogP contribution in [0.25, 0.3) is 0 Å². The predicted molar refractivity (Wildman–Crippen MR) is 95.1 cm³/mol. The number of piperidine rings is 1. The van der Waals surface area contributed by atoms with Gasteiger partial charge in [0, 0.05) is 18.9 Å². The zero-order valence-electron chi connectivity index (χ0n) is 15.1. The Hall–Kier alpha value is -3.03. The highest BCUT2D eigenvalue weighted by Crippen LogP contribution is 2.32. The van der Waals surface area contributed by atoms with E-state index in [4.69, 9.17) is 18.9 Å². The Kier molecular flexibility index (Phi) is 4.95. The molecule has 0 aliphatic carbocycles. The van der Waals surface area contributed by atoms with E-state index in [0.29, 0.717) is 30.5 Å². The van der Waals surface area contributed by atoms with Gasteiger partial charge in [0.15, 0.2) is 11.5 Å². The molecule has 0 spiro atoms.